The molecule has 1 N–H and O–H groups in total. The third kappa shape index (κ3) is 3.76. The zero-order chi connectivity index (χ0) is 17.1. The zero-order valence-electron chi connectivity index (χ0n) is 14.3. The number of aryl methyl sites for hydroxylation is 2. The van der Waals surface area contributed by atoms with Crippen molar-refractivity contribution in [2.24, 2.45) is 0 Å². The second-order valence-corrected chi connectivity index (χ2v) is 7.38. The van der Waals surface area contributed by atoms with Crippen LogP contribution in [0.25, 0.3) is 0 Å². The van der Waals surface area contributed by atoms with Gasteiger partial charge in [0, 0.05) is 10.6 Å². The van der Waals surface area contributed by atoms with Crippen LogP contribution in [0.4, 0.5) is 5.69 Å². The SMILES string of the molecule is COc1ccc(NC(=O)C2CCCN2Cc2nc(C)c(C)s2)cc1. The molecule has 0 spiro atoms. The fourth-order valence-corrected chi connectivity index (χ4v) is 3.95. The van der Waals surface area contributed by atoms with Crippen LogP contribution in [0.15, 0.2) is 24.3 Å². The first kappa shape index (κ1) is 16.9. The van der Waals surface area contributed by atoms with E-state index in [4.69, 9.17) is 4.74 Å². The van der Waals surface area contributed by atoms with Gasteiger partial charge in [0.25, 0.3) is 0 Å². The Morgan fingerprint density at radius 3 is 2.75 bits per heavy atom. The Hall–Kier alpha value is -1.92. The maximum atomic E-state index is 12.6. The monoisotopic (exact) mass is 345 g/mol. The predicted molar refractivity (Wildman–Crippen MR) is 96.6 cm³/mol. The van der Waals surface area contributed by atoms with Crippen LogP contribution in [-0.4, -0.2) is 35.5 Å². The second-order valence-electron chi connectivity index (χ2n) is 6.10. The van der Waals surface area contributed by atoms with E-state index in [1.165, 1.54) is 4.88 Å². The van der Waals surface area contributed by atoms with Gasteiger partial charge in [-0.05, 0) is 57.5 Å². The third-order valence-electron chi connectivity index (χ3n) is 4.44. The number of nitrogens with one attached hydrogen (secondary N) is 1. The molecule has 1 unspecified atom stereocenters. The van der Waals surface area contributed by atoms with Crippen molar-refractivity contribution in [1.29, 1.82) is 0 Å². The highest BCUT2D eigenvalue weighted by Gasteiger charge is 2.31. The lowest BCUT2D eigenvalue weighted by Crippen LogP contribution is -2.39. The van der Waals surface area contributed by atoms with Crippen LogP contribution in [-0.2, 0) is 11.3 Å². The fourth-order valence-electron chi connectivity index (χ4n) is 2.99. The molecule has 2 heterocycles. The standard InChI is InChI=1S/C18H23N3O2S/c1-12-13(2)24-17(19-12)11-21-10-4-5-16(21)18(22)20-14-6-8-15(23-3)9-7-14/h6-9,16H,4-5,10-11H2,1-3H3,(H,20,22). The lowest BCUT2D eigenvalue weighted by molar-refractivity contribution is -0.120. The summed E-state index contributed by atoms with van der Waals surface area (Å²) in [6.07, 6.45) is 1.94. The van der Waals surface area contributed by atoms with Gasteiger partial charge in [-0.25, -0.2) is 4.98 Å². The molecule has 1 atom stereocenters. The van der Waals surface area contributed by atoms with Gasteiger partial charge in [0.1, 0.15) is 10.8 Å². The van der Waals surface area contributed by atoms with Gasteiger partial charge in [-0.2, -0.15) is 0 Å². The number of hydrogen-bond donors (Lipinski definition) is 1. The predicted octanol–water partition coefficient (Wildman–Crippen LogP) is 3.37. The molecule has 0 aliphatic carbocycles. The Labute approximate surface area is 146 Å². The molecule has 3 rings (SSSR count). The van der Waals surface area contributed by atoms with Gasteiger partial charge in [0.15, 0.2) is 0 Å². The summed E-state index contributed by atoms with van der Waals surface area (Å²) in [5, 5.41) is 4.11. The molecular formula is C18H23N3O2S. The van der Waals surface area contributed by atoms with E-state index in [1.807, 2.05) is 31.2 Å². The summed E-state index contributed by atoms with van der Waals surface area (Å²) in [4.78, 5) is 20.7. The van der Waals surface area contributed by atoms with E-state index in [1.54, 1.807) is 18.4 Å². The molecule has 24 heavy (non-hydrogen) atoms. The van der Waals surface area contributed by atoms with Crippen molar-refractivity contribution in [2.75, 3.05) is 19.0 Å². The van der Waals surface area contributed by atoms with E-state index < -0.39 is 0 Å². The van der Waals surface area contributed by atoms with E-state index in [0.717, 1.165) is 48.1 Å². The molecule has 0 saturated carbocycles. The molecule has 1 aliphatic heterocycles. The van der Waals surface area contributed by atoms with Gasteiger partial charge < -0.3 is 10.1 Å². The topological polar surface area (TPSA) is 54.5 Å². The second kappa shape index (κ2) is 7.32. The van der Waals surface area contributed by atoms with Gasteiger partial charge in [0.2, 0.25) is 5.91 Å². The first-order valence-electron chi connectivity index (χ1n) is 8.18. The molecule has 1 aliphatic rings. The number of nitrogens with zero attached hydrogens (tertiary/aromatic N) is 2. The van der Waals surface area contributed by atoms with Crippen molar-refractivity contribution >= 4 is 22.9 Å². The van der Waals surface area contributed by atoms with Crippen LogP contribution in [0.5, 0.6) is 5.75 Å². The lowest BCUT2D eigenvalue weighted by atomic mass is 10.2. The van der Waals surface area contributed by atoms with Gasteiger partial charge in [-0.3, -0.25) is 9.69 Å². The first-order chi connectivity index (χ1) is 11.6. The normalized spacial score (nSPS) is 17.9. The zero-order valence-corrected chi connectivity index (χ0v) is 15.2. The number of carbonyl (C=O) groups is 1. The number of ether oxygens (including phenoxy) is 1. The molecule has 0 radical (unpaired) electrons. The highest BCUT2D eigenvalue weighted by molar-refractivity contribution is 7.11. The van der Waals surface area contributed by atoms with Crippen molar-refractivity contribution in [1.82, 2.24) is 9.88 Å². The Kier molecular flexibility index (Phi) is 5.16. The van der Waals surface area contributed by atoms with E-state index in [-0.39, 0.29) is 11.9 Å². The van der Waals surface area contributed by atoms with E-state index >= 15 is 0 Å². The summed E-state index contributed by atoms with van der Waals surface area (Å²) < 4.78 is 5.14. The molecule has 1 fully saturated rings. The minimum absolute atomic E-state index is 0.0580. The molecule has 1 amide bonds. The molecule has 6 heteroatoms. The number of carbonyl (C=O) groups excluding carboxylic acids is 1. The quantitative estimate of drug-likeness (QED) is 0.903. The van der Waals surface area contributed by atoms with Crippen LogP contribution in [0, 0.1) is 13.8 Å². The molecular weight excluding hydrogens is 322 g/mol. The number of rotatable bonds is 5. The van der Waals surface area contributed by atoms with Crippen LogP contribution in [0.1, 0.15) is 28.4 Å². The maximum absolute atomic E-state index is 12.6. The maximum Gasteiger partial charge on any atom is 0.241 e. The molecule has 5 nitrogen and oxygen atoms in total. The summed E-state index contributed by atoms with van der Waals surface area (Å²) in [6, 6.07) is 7.34. The molecule has 128 valence electrons. The highest BCUT2D eigenvalue weighted by Crippen LogP contribution is 2.25. The summed E-state index contributed by atoms with van der Waals surface area (Å²) in [7, 11) is 1.63. The number of hydrogen-bond acceptors (Lipinski definition) is 5. The summed E-state index contributed by atoms with van der Waals surface area (Å²) in [5.41, 5.74) is 1.89. The molecule has 1 saturated heterocycles. The Morgan fingerprint density at radius 2 is 2.12 bits per heavy atom. The number of amides is 1. The number of thiazole rings is 1. The summed E-state index contributed by atoms with van der Waals surface area (Å²) >= 11 is 1.72. The largest absolute Gasteiger partial charge is 0.497 e. The molecule has 1 aromatic heterocycles. The minimum atomic E-state index is -0.0865. The summed E-state index contributed by atoms with van der Waals surface area (Å²) in [5.74, 6) is 0.840. The van der Waals surface area contributed by atoms with Crippen LogP contribution < -0.4 is 10.1 Å². The number of anilines is 1. The van der Waals surface area contributed by atoms with E-state index in [0.29, 0.717) is 0 Å². The van der Waals surface area contributed by atoms with Crippen molar-refractivity contribution in [3.8, 4) is 5.75 Å². The molecule has 2 aromatic rings. The van der Waals surface area contributed by atoms with Crippen molar-refractivity contribution in [3.05, 3.63) is 39.8 Å². The lowest BCUT2D eigenvalue weighted by Gasteiger charge is -2.22. The van der Waals surface area contributed by atoms with Gasteiger partial charge in [-0.15, -0.1) is 11.3 Å². The van der Waals surface area contributed by atoms with Crippen molar-refractivity contribution in [2.45, 2.75) is 39.3 Å². The fraction of sp³-hybridized carbons (Fsp3) is 0.444. The Balaban J connectivity index is 1.64. The third-order valence-corrected chi connectivity index (χ3v) is 5.49. The molecule has 0 bridgehead atoms. The van der Waals surface area contributed by atoms with Gasteiger partial charge in [0.05, 0.1) is 25.4 Å². The first-order valence-corrected chi connectivity index (χ1v) is 9.00. The van der Waals surface area contributed by atoms with E-state index in [2.05, 4.69) is 22.1 Å². The van der Waals surface area contributed by atoms with Crippen molar-refractivity contribution < 1.29 is 9.53 Å². The van der Waals surface area contributed by atoms with Crippen LogP contribution in [0.3, 0.4) is 0 Å². The highest BCUT2D eigenvalue weighted by atomic mass is 32.1. The van der Waals surface area contributed by atoms with E-state index in [9.17, 15) is 4.79 Å². The average Bonchev–Trinajstić information content (AvgIpc) is 3.15. The number of benzene rings is 1. The average molecular weight is 345 g/mol. The van der Waals surface area contributed by atoms with Crippen LogP contribution >= 0.6 is 11.3 Å². The number of aromatic nitrogens is 1. The van der Waals surface area contributed by atoms with Crippen LogP contribution in [0.2, 0.25) is 0 Å². The summed E-state index contributed by atoms with van der Waals surface area (Å²) in [6.45, 7) is 5.82. The van der Waals surface area contributed by atoms with Gasteiger partial charge in [-0.1, -0.05) is 0 Å². The number of methoxy groups -OCH3 is 1. The number of likely N-dealkylation sites (tertiary alicyclic amines) is 1. The Bertz CT molecular complexity index is 692. The Morgan fingerprint density at radius 1 is 1.38 bits per heavy atom. The smallest absolute Gasteiger partial charge is 0.241 e. The van der Waals surface area contributed by atoms with Crippen molar-refractivity contribution in [3.63, 3.8) is 0 Å². The van der Waals surface area contributed by atoms with Gasteiger partial charge >= 0.3 is 0 Å². The molecule has 1 aromatic carbocycles. The minimum Gasteiger partial charge on any atom is -0.497 e.